The van der Waals surface area contributed by atoms with Crippen molar-refractivity contribution < 1.29 is 38.8 Å². The number of carbonyl (C=O) groups excluding carboxylic acids is 3. The zero-order chi connectivity index (χ0) is 27.1. The van der Waals surface area contributed by atoms with Crippen molar-refractivity contribution in [1.29, 1.82) is 0 Å². The normalized spacial score (nSPS) is 18.6. The van der Waals surface area contributed by atoms with Crippen LogP contribution in [0.5, 0.6) is 0 Å². The third-order valence-corrected chi connectivity index (χ3v) is 6.23. The summed E-state index contributed by atoms with van der Waals surface area (Å²) >= 11 is 0. The summed E-state index contributed by atoms with van der Waals surface area (Å²) in [7, 11) is 2.99. The van der Waals surface area contributed by atoms with Crippen LogP contribution in [0.2, 0.25) is 0 Å². The van der Waals surface area contributed by atoms with Crippen molar-refractivity contribution in [2.75, 3.05) is 14.2 Å². The van der Waals surface area contributed by atoms with E-state index in [0.29, 0.717) is 25.7 Å². The van der Waals surface area contributed by atoms with Gasteiger partial charge in [0.15, 0.2) is 6.10 Å². The molecular formula is C25H46N2O8. The molecule has 0 aliphatic heterocycles. The lowest BCUT2D eigenvalue weighted by atomic mass is 9.86. The van der Waals surface area contributed by atoms with Crippen LogP contribution in [-0.2, 0) is 28.6 Å². The molecule has 0 aliphatic rings. The molecule has 0 rings (SSSR count). The van der Waals surface area contributed by atoms with Crippen LogP contribution in [0.25, 0.3) is 0 Å². The summed E-state index contributed by atoms with van der Waals surface area (Å²) in [4.78, 5) is 36.1. The number of esters is 2. The Kier molecular flexibility index (Phi) is 16.4. The van der Waals surface area contributed by atoms with Crippen LogP contribution in [0.15, 0.2) is 12.3 Å². The first-order valence-corrected chi connectivity index (χ1v) is 12.3. The minimum Gasteiger partial charge on any atom is -0.462 e. The van der Waals surface area contributed by atoms with Crippen molar-refractivity contribution >= 4 is 18.3 Å². The number of nitrogens with two attached hydrogens (primary N) is 1. The van der Waals surface area contributed by atoms with E-state index >= 15 is 0 Å². The molecule has 0 bridgehead atoms. The van der Waals surface area contributed by atoms with E-state index in [2.05, 4.69) is 0 Å². The monoisotopic (exact) mass is 502 g/mol. The SMILES string of the molecule is CCC(=O)O[C@H](CC)C[C@H](O)[C@@H](N)CC[C@@H](OC(=O)[C@@H](C)OC)[C@H](C)[C@H](O)[C@H](C)/C=C/N(C)C=O. The van der Waals surface area contributed by atoms with Crippen LogP contribution in [0.3, 0.4) is 0 Å². The van der Waals surface area contributed by atoms with Gasteiger partial charge in [0.05, 0.1) is 12.2 Å². The van der Waals surface area contributed by atoms with Gasteiger partial charge in [0, 0.05) is 51.1 Å². The van der Waals surface area contributed by atoms with E-state index in [9.17, 15) is 24.6 Å². The highest BCUT2D eigenvalue weighted by Gasteiger charge is 2.32. The molecule has 0 aliphatic carbocycles. The lowest BCUT2D eigenvalue weighted by molar-refractivity contribution is -0.165. The highest BCUT2D eigenvalue weighted by Crippen LogP contribution is 2.25. The minimum atomic E-state index is -0.917. The van der Waals surface area contributed by atoms with E-state index in [1.807, 2.05) is 6.92 Å². The summed E-state index contributed by atoms with van der Waals surface area (Å²) in [6.07, 6.45) is 1.84. The Morgan fingerprint density at radius 2 is 1.71 bits per heavy atom. The maximum atomic E-state index is 12.4. The summed E-state index contributed by atoms with van der Waals surface area (Å²) in [6.45, 7) is 8.71. The quantitative estimate of drug-likeness (QED) is 0.188. The Hall–Kier alpha value is -2.01. The zero-order valence-electron chi connectivity index (χ0n) is 22.3. The van der Waals surface area contributed by atoms with E-state index in [1.165, 1.54) is 12.0 Å². The molecule has 0 aromatic rings. The molecule has 0 saturated carbocycles. The summed E-state index contributed by atoms with van der Waals surface area (Å²) in [5.41, 5.74) is 6.21. The average Bonchev–Trinajstić information content (AvgIpc) is 2.86. The first kappa shape index (κ1) is 33.0. The first-order chi connectivity index (χ1) is 16.4. The molecule has 0 saturated heterocycles. The van der Waals surface area contributed by atoms with Gasteiger partial charge in [-0.05, 0) is 26.2 Å². The number of aliphatic hydroxyl groups is 2. The van der Waals surface area contributed by atoms with E-state index < -0.39 is 48.4 Å². The molecule has 10 heteroatoms. The molecular weight excluding hydrogens is 456 g/mol. The zero-order valence-corrected chi connectivity index (χ0v) is 22.3. The van der Waals surface area contributed by atoms with Gasteiger partial charge in [0.1, 0.15) is 12.2 Å². The van der Waals surface area contributed by atoms with Crippen molar-refractivity contribution in [3.05, 3.63) is 12.3 Å². The second-order valence-electron chi connectivity index (χ2n) is 9.09. The van der Waals surface area contributed by atoms with Crippen molar-refractivity contribution in [2.45, 2.75) is 103 Å². The van der Waals surface area contributed by atoms with Crippen molar-refractivity contribution in [1.82, 2.24) is 4.90 Å². The maximum absolute atomic E-state index is 12.4. The molecule has 0 radical (unpaired) electrons. The van der Waals surface area contributed by atoms with Crippen LogP contribution in [0, 0.1) is 11.8 Å². The summed E-state index contributed by atoms with van der Waals surface area (Å²) in [6, 6.07) is -0.645. The summed E-state index contributed by atoms with van der Waals surface area (Å²) in [5, 5.41) is 21.4. The van der Waals surface area contributed by atoms with Gasteiger partial charge in [0.2, 0.25) is 6.41 Å². The Balaban J connectivity index is 5.31. The van der Waals surface area contributed by atoms with E-state index in [4.69, 9.17) is 19.9 Å². The molecule has 4 N–H and O–H groups in total. The fraction of sp³-hybridized carbons (Fsp3) is 0.800. The molecule has 0 spiro atoms. The van der Waals surface area contributed by atoms with Crippen molar-refractivity contribution in [3.63, 3.8) is 0 Å². The molecule has 0 heterocycles. The van der Waals surface area contributed by atoms with Crippen molar-refractivity contribution in [3.8, 4) is 0 Å². The largest absolute Gasteiger partial charge is 0.462 e. The fourth-order valence-electron chi connectivity index (χ4n) is 3.45. The molecule has 0 unspecified atom stereocenters. The Morgan fingerprint density at radius 1 is 1.09 bits per heavy atom. The molecule has 0 aromatic carbocycles. The van der Waals surface area contributed by atoms with Gasteiger partial charge in [-0.3, -0.25) is 9.59 Å². The van der Waals surface area contributed by atoms with Crippen LogP contribution in [0.4, 0.5) is 0 Å². The third-order valence-electron chi connectivity index (χ3n) is 6.23. The maximum Gasteiger partial charge on any atom is 0.335 e. The molecule has 8 atom stereocenters. The van der Waals surface area contributed by atoms with Gasteiger partial charge < -0.3 is 35.1 Å². The van der Waals surface area contributed by atoms with Crippen molar-refractivity contribution in [2.24, 2.45) is 17.6 Å². The summed E-state index contributed by atoms with van der Waals surface area (Å²) in [5.74, 6) is -1.69. The summed E-state index contributed by atoms with van der Waals surface area (Å²) < 4.78 is 16.0. The van der Waals surface area contributed by atoms with Gasteiger partial charge in [-0.1, -0.05) is 33.8 Å². The average molecular weight is 503 g/mol. The molecule has 0 aromatic heterocycles. The molecule has 0 fully saturated rings. The predicted molar refractivity (Wildman–Crippen MR) is 132 cm³/mol. The van der Waals surface area contributed by atoms with Gasteiger partial charge >= 0.3 is 11.9 Å². The number of methoxy groups -OCH3 is 1. The van der Waals surface area contributed by atoms with Crippen LogP contribution in [0.1, 0.15) is 66.7 Å². The topological polar surface area (TPSA) is 149 Å². The van der Waals surface area contributed by atoms with Gasteiger partial charge in [-0.15, -0.1) is 0 Å². The standard InChI is InChI=1S/C25H46N2O8/c1-8-19(34-23(30)9-2)14-21(29)20(26)10-11-22(35-25(32)18(5)33-7)17(4)24(31)16(3)12-13-27(6)15-28/h12-13,15-22,24,29,31H,8-11,14,26H2,1-7H3/b13-12+/t16-,17+,18-,19-,20+,21+,22-,24-/m1/s1. The molecule has 1 amide bonds. The van der Waals surface area contributed by atoms with E-state index in [0.717, 1.165) is 0 Å². The predicted octanol–water partition coefficient (Wildman–Crippen LogP) is 1.76. The van der Waals surface area contributed by atoms with E-state index in [-0.39, 0.29) is 24.7 Å². The lowest BCUT2D eigenvalue weighted by Gasteiger charge is -2.32. The van der Waals surface area contributed by atoms with Crippen LogP contribution in [-0.4, -0.2) is 84.2 Å². The molecule has 10 nitrogen and oxygen atoms in total. The number of carbonyl (C=O) groups is 3. The highest BCUT2D eigenvalue weighted by molar-refractivity contribution is 5.74. The Bertz CT molecular complexity index is 659. The number of aliphatic hydroxyl groups excluding tert-OH is 2. The van der Waals surface area contributed by atoms with E-state index in [1.54, 1.807) is 47.0 Å². The van der Waals surface area contributed by atoms with Crippen LogP contribution >= 0.6 is 0 Å². The van der Waals surface area contributed by atoms with Crippen LogP contribution < -0.4 is 5.73 Å². The number of hydrogen-bond acceptors (Lipinski definition) is 9. The van der Waals surface area contributed by atoms with Gasteiger partial charge in [-0.25, -0.2) is 4.79 Å². The minimum absolute atomic E-state index is 0.207. The number of nitrogens with zero attached hydrogens (tertiary/aromatic N) is 1. The second-order valence-corrected chi connectivity index (χ2v) is 9.09. The molecule has 35 heavy (non-hydrogen) atoms. The molecule has 204 valence electrons. The third kappa shape index (κ3) is 12.5. The highest BCUT2D eigenvalue weighted by atomic mass is 16.6. The fourth-order valence-corrected chi connectivity index (χ4v) is 3.45. The Morgan fingerprint density at radius 3 is 2.23 bits per heavy atom. The van der Waals surface area contributed by atoms with Gasteiger partial charge in [-0.2, -0.15) is 0 Å². The second kappa shape index (κ2) is 17.4. The lowest BCUT2D eigenvalue weighted by Crippen LogP contribution is -2.42. The number of ether oxygens (including phenoxy) is 3. The number of amides is 1. The first-order valence-electron chi connectivity index (χ1n) is 12.3. The number of rotatable bonds is 18. The smallest absolute Gasteiger partial charge is 0.335 e. The van der Waals surface area contributed by atoms with Gasteiger partial charge in [0.25, 0.3) is 0 Å². The number of hydrogen-bond donors (Lipinski definition) is 3. The Labute approximate surface area is 209 Å².